The summed E-state index contributed by atoms with van der Waals surface area (Å²) in [5.74, 6) is 1.67. The van der Waals surface area contributed by atoms with E-state index in [-0.39, 0.29) is 0 Å². The zero-order valence-corrected chi connectivity index (χ0v) is 11.9. The fourth-order valence-corrected chi connectivity index (χ4v) is 3.09. The van der Waals surface area contributed by atoms with Crippen molar-refractivity contribution in [2.24, 2.45) is 0 Å². The molecule has 0 spiro atoms. The molecule has 1 N–H and O–H groups in total. The van der Waals surface area contributed by atoms with Gasteiger partial charge in [0.1, 0.15) is 0 Å². The number of benzene rings is 1. The van der Waals surface area contributed by atoms with Gasteiger partial charge in [-0.3, -0.25) is 0 Å². The molecule has 1 aromatic heterocycles. The molecular formula is C16H19N3O2. The standard InChI is InChI=1S/C16H19N3O2/c1-2-6-18-13(3-1)14-8-17-10-19(14)9-12-4-5-15-16(7-12)21-11-20-15/h4-5,7-8,10,13,18H,1-3,6,9,11H2. The molecule has 1 fully saturated rings. The van der Waals surface area contributed by atoms with Crippen LogP contribution in [0, 0.1) is 0 Å². The number of hydrogen-bond donors (Lipinski definition) is 1. The van der Waals surface area contributed by atoms with E-state index in [1.165, 1.54) is 30.5 Å². The normalized spacial score (nSPS) is 20.7. The molecule has 0 aliphatic carbocycles. The van der Waals surface area contributed by atoms with Crippen molar-refractivity contribution in [1.29, 1.82) is 0 Å². The van der Waals surface area contributed by atoms with Crippen molar-refractivity contribution in [2.45, 2.75) is 31.8 Å². The second-order valence-electron chi connectivity index (χ2n) is 5.64. The third-order valence-corrected chi connectivity index (χ3v) is 4.20. The van der Waals surface area contributed by atoms with Crippen LogP contribution in [-0.4, -0.2) is 22.9 Å². The maximum atomic E-state index is 5.45. The summed E-state index contributed by atoms with van der Waals surface area (Å²) in [6.07, 6.45) is 7.64. The molecule has 0 amide bonds. The minimum Gasteiger partial charge on any atom is -0.454 e. The molecule has 110 valence electrons. The van der Waals surface area contributed by atoms with Crippen LogP contribution >= 0.6 is 0 Å². The van der Waals surface area contributed by atoms with E-state index >= 15 is 0 Å². The van der Waals surface area contributed by atoms with Gasteiger partial charge in [-0.2, -0.15) is 0 Å². The molecule has 2 aliphatic rings. The van der Waals surface area contributed by atoms with Crippen molar-refractivity contribution in [2.75, 3.05) is 13.3 Å². The summed E-state index contributed by atoms with van der Waals surface area (Å²) in [6.45, 7) is 2.23. The van der Waals surface area contributed by atoms with Crippen LogP contribution < -0.4 is 14.8 Å². The fourth-order valence-electron chi connectivity index (χ4n) is 3.09. The Hall–Kier alpha value is -2.01. The number of hydrogen-bond acceptors (Lipinski definition) is 4. The number of rotatable bonds is 3. The topological polar surface area (TPSA) is 48.3 Å². The van der Waals surface area contributed by atoms with Crippen molar-refractivity contribution < 1.29 is 9.47 Å². The van der Waals surface area contributed by atoms with Gasteiger partial charge in [0.2, 0.25) is 6.79 Å². The van der Waals surface area contributed by atoms with E-state index in [1.54, 1.807) is 0 Å². The highest BCUT2D eigenvalue weighted by Crippen LogP contribution is 2.33. The largest absolute Gasteiger partial charge is 0.454 e. The molecule has 1 saturated heterocycles. The molecule has 0 radical (unpaired) electrons. The molecule has 1 atom stereocenters. The van der Waals surface area contributed by atoms with Crippen LogP contribution in [0.2, 0.25) is 0 Å². The first-order valence-electron chi connectivity index (χ1n) is 7.52. The summed E-state index contributed by atoms with van der Waals surface area (Å²) in [4.78, 5) is 4.33. The van der Waals surface area contributed by atoms with Gasteiger partial charge < -0.3 is 19.4 Å². The van der Waals surface area contributed by atoms with E-state index in [2.05, 4.69) is 27.0 Å². The van der Waals surface area contributed by atoms with E-state index < -0.39 is 0 Å². The molecule has 0 saturated carbocycles. The third-order valence-electron chi connectivity index (χ3n) is 4.20. The molecule has 1 unspecified atom stereocenters. The van der Waals surface area contributed by atoms with Gasteiger partial charge >= 0.3 is 0 Å². The van der Waals surface area contributed by atoms with E-state index in [4.69, 9.17) is 9.47 Å². The Labute approximate surface area is 123 Å². The Bertz CT molecular complexity index is 632. The molecule has 0 bridgehead atoms. The van der Waals surface area contributed by atoms with Crippen LogP contribution in [0.4, 0.5) is 0 Å². The average molecular weight is 285 g/mol. The minimum absolute atomic E-state index is 0.321. The molecule has 2 aliphatic heterocycles. The van der Waals surface area contributed by atoms with Gasteiger partial charge in [-0.05, 0) is 37.1 Å². The zero-order chi connectivity index (χ0) is 14.1. The first-order chi connectivity index (χ1) is 10.4. The summed E-state index contributed by atoms with van der Waals surface area (Å²) < 4.78 is 13.0. The average Bonchev–Trinajstić information content (AvgIpc) is 3.16. The van der Waals surface area contributed by atoms with E-state index in [0.717, 1.165) is 24.6 Å². The van der Waals surface area contributed by atoms with Crippen molar-refractivity contribution >= 4 is 0 Å². The third kappa shape index (κ3) is 2.49. The predicted molar refractivity (Wildman–Crippen MR) is 78.5 cm³/mol. The van der Waals surface area contributed by atoms with Gasteiger partial charge in [0.15, 0.2) is 11.5 Å². The quantitative estimate of drug-likeness (QED) is 0.941. The smallest absolute Gasteiger partial charge is 0.231 e. The molecular weight excluding hydrogens is 266 g/mol. The van der Waals surface area contributed by atoms with Crippen LogP contribution in [0.5, 0.6) is 11.5 Å². The summed E-state index contributed by atoms with van der Waals surface area (Å²) in [6, 6.07) is 6.55. The lowest BCUT2D eigenvalue weighted by Gasteiger charge is -2.24. The second kappa shape index (κ2) is 5.41. The number of ether oxygens (including phenoxy) is 2. The van der Waals surface area contributed by atoms with Gasteiger partial charge in [0.25, 0.3) is 0 Å². The molecule has 4 rings (SSSR count). The maximum absolute atomic E-state index is 5.45. The molecule has 21 heavy (non-hydrogen) atoms. The highest BCUT2D eigenvalue weighted by Gasteiger charge is 2.19. The number of piperidine rings is 1. The SMILES string of the molecule is c1cc2c(cc1Cn1cncc1C1CCCCN1)OCO2. The van der Waals surface area contributed by atoms with Gasteiger partial charge in [0, 0.05) is 18.8 Å². The van der Waals surface area contributed by atoms with Crippen LogP contribution in [0.15, 0.2) is 30.7 Å². The molecule has 5 heteroatoms. The Morgan fingerprint density at radius 1 is 1.24 bits per heavy atom. The van der Waals surface area contributed by atoms with Crippen molar-refractivity contribution in [1.82, 2.24) is 14.9 Å². The predicted octanol–water partition coefficient (Wildman–Crippen LogP) is 2.47. The number of fused-ring (bicyclic) bond motifs is 1. The summed E-state index contributed by atoms with van der Waals surface area (Å²) in [5.41, 5.74) is 2.47. The number of aromatic nitrogens is 2. The lowest BCUT2D eigenvalue weighted by molar-refractivity contribution is 0.174. The van der Waals surface area contributed by atoms with Crippen LogP contribution in [0.3, 0.4) is 0 Å². The molecule has 1 aromatic carbocycles. The number of imidazole rings is 1. The monoisotopic (exact) mass is 285 g/mol. The van der Waals surface area contributed by atoms with E-state index in [0.29, 0.717) is 12.8 Å². The Morgan fingerprint density at radius 2 is 2.19 bits per heavy atom. The fraction of sp³-hybridized carbons (Fsp3) is 0.438. The van der Waals surface area contributed by atoms with Gasteiger partial charge in [-0.15, -0.1) is 0 Å². The summed E-state index contributed by atoms with van der Waals surface area (Å²) in [5, 5.41) is 3.58. The van der Waals surface area contributed by atoms with Crippen LogP contribution in [-0.2, 0) is 6.54 Å². The Balaban J connectivity index is 1.56. The lowest BCUT2D eigenvalue weighted by Crippen LogP contribution is -2.28. The Kier molecular flexibility index (Phi) is 3.27. The van der Waals surface area contributed by atoms with Crippen molar-refractivity contribution in [3.05, 3.63) is 42.0 Å². The van der Waals surface area contributed by atoms with E-state index in [1.807, 2.05) is 18.6 Å². The lowest BCUT2D eigenvalue weighted by atomic mass is 10.0. The molecule has 2 aromatic rings. The highest BCUT2D eigenvalue weighted by molar-refractivity contribution is 5.44. The molecule has 5 nitrogen and oxygen atoms in total. The minimum atomic E-state index is 0.321. The molecule has 3 heterocycles. The maximum Gasteiger partial charge on any atom is 0.231 e. The van der Waals surface area contributed by atoms with Crippen LogP contribution in [0.25, 0.3) is 0 Å². The number of nitrogens with one attached hydrogen (secondary N) is 1. The highest BCUT2D eigenvalue weighted by atomic mass is 16.7. The summed E-state index contributed by atoms with van der Waals surface area (Å²) in [7, 11) is 0. The zero-order valence-electron chi connectivity index (χ0n) is 11.9. The van der Waals surface area contributed by atoms with Crippen molar-refractivity contribution in [3.8, 4) is 11.5 Å². The van der Waals surface area contributed by atoms with Crippen molar-refractivity contribution in [3.63, 3.8) is 0 Å². The van der Waals surface area contributed by atoms with Gasteiger partial charge in [0.05, 0.1) is 12.0 Å². The van der Waals surface area contributed by atoms with Crippen LogP contribution in [0.1, 0.15) is 36.6 Å². The Morgan fingerprint density at radius 3 is 3.10 bits per heavy atom. The number of nitrogens with zero attached hydrogens (tertiary/aromatic N) is 2. The first kappa shape index (κ1) is 12.7. The van der Waals surface area contributed by atoms with E-state index in [9.17, 15) is 0 Å². The summed E-state index contributed by atoms with van der Waals surface area (Å²) >= 11 is 0. The van der Waals surface area contributed by atoms with Gasteiger partial charge in [-0.1, -0.05) is 12.5 Å². The first-order valence-corrected chi connectivity index (χ1v) is 7.52. The second-order valence-corrected chi connectivity index (χ2v) is 5.64. The van der Waals surface area contributed by atoms with Gasteiger partial charge in [-0.25, -0.2) is 4.98 Å².